The van der Waals surface area contributed by atoms with Crippen molar-refractivity contribution >= 4 is 7.82 Å². The topological polar surface area (TPSA) is 59.0 Å². The number of hydrogen-bond donors (Lipinski definition) is 1. The highest BCUT2D eigenvalue weighted by Gasteiger charge is 2.26. The fourth-order valence-electron chi connectivity index (χ4n) is 5.72. The first kappa shape index (κ1) is 42.1. The lowest BCUT2D eigenvalue weighted by atomic mass is 10.0. The molecule has 1 N–H and O–H groups in total. The minimum atomic E-state index is -4.01. The van der Waals surface area contributed by atoms with E-state index in [1.54, 1.807) is 0 Å². The maximum atomic E-state index is 12.7. The van der Waals surface area contributed by atoms with E-state index in [2.05, 4.69) is 25.7 Å². The molecule has 0 bridgehead atoms. The van der Waals surface area contributed by atoms with Crippen molar-refractivity contribution in [1.82, 2.24) is 4.90 Å². The van der Waals surface area contributed by atoms with Gasteiger partial charge in [-0.05, 0) is 26.4 Å². The van der Waals surface area contributed by atoms with Crippen LogP contribution in [0.4, 0.5) is 0 Å². The average molecular weight is 618 g/mol. The van der Waals surface area contributed by atoms with Gasteiger partial charge >= 0.3 is 7.82 Å². The van der Waals surface area contributed by atoms with Crippen molar-refractivity contribution in [1.29, 1.82) is 0 Å². The van der Waals surface area contributed by atoms with E-state index in [4.69, 9.17) is 9.05 Å². The van der Waals surface area contributed by atoms with Crippen LogP contribution in [0.25, 0.3) is 0 Å². The van der Waals surface area contributed by atoms with E-state index in [9.17, 15) is 9.46 Å². The van der Waals surface area contributed by atoms with Gasteiger partial charge < -0.3 is 9.79 Å². The molecule has 6 heteroatoms. The Morgan fingerprint density at radius 3 is 1.17 bits per heavy atom. The van der Waals surface area contributed by atoms with Gasteiger partial charge in [0.15, 0.2) is 0 Å². The summed E-state index contributed by atoms with van der Waals surface area (Å²) in [6, 6.07) is 0. The molecule has 0 amide bonds. The molecule has 0 aromatic carbocycles. The molecule has 0 aliphatic rings. The van der Waals surface area contributed by atoms with Crippen molar-refractivity contribution in [3.63, 3.8) is 0 Å². The van der Waals surface area contributed by atoms with Crippen molar-refractivity contribution in [2.75, 3.05) is 26.7 Å². The van der Waals surface area contributed by atoms with Crippen LogP contribution in [0.3, 0.4) is 0 Å². The Morgan fingerprint density at radius 1 is 0.548 bits per heavy atom. The van der Waals surface area contributed by atoms with Crippen LogP contribution in [-0.2, 0) is 13.6 Å². The molecule has 0 spiro atoms. The van der Waals surface area contributed by atoms with Crippen LogP contribution in [0.15, 0.2) is 0 Å². The third-order valence-electron chi connectivity index (χ3n) is 8.81. The van der Waals surface area contributed by atoms with E-state index >= 15 is 0 Å². The lowest BCUT2D eigenvalue weighted by Crippen LogP contribution is -2.22. The molecule has 0 aromatic rings. The molecule has 0 saturated heterocycles. The molecular formula is C36H76NO4P. The maximum absolute atomic E-state index is 12.7. The zero-order valence-corrected chi connectivity index (χ0v) is 30.0. The Bertz CT molecular complexity index is 547. The molecule has 5 nitrogen and oxygen atoms in total. The van der Waals surface area contributed by atoms with Gasteiger partial charge in [0.25, 0.3) is 0 Å². The summed E-state index contributed by atoms with van der Waals surface area (Å²) >= 11 is 0. The van der Waals surface area contributed by atoms with Crippen LogP contribution >= 0.6 is 7.82 Å². The van der Waals surface area contributed by atoms with Gasteiger partial charge in [-0.25, -0.2) is 4.57 Å². The van der Waals surface area contributed by atoms with Crippen molar-refractivity contribution < 1.29 is 18.5 Å². The number of hydrogen-bond acceptors (Lipinski definition) is 4. The van der Waals surface area contributed by atoms with Crippen molar-refractivity contribution in [2.45, 2.75) is 207 Å². The van der Waals surface area contributed by atoms with Gasteiger partial charge in [0.1, 0.15) is 0 Å². The Hall–Kier alpha value is 0.0700. The van der Waals surface area contributed by atoms with Crippen molar-refractivity contribution in [2.24, 2.45) is 0 Å². The zero-order chi connectivity index (χ0) is 31.0. The predicted molar refractivity (Wildman–Crippen MR) is 184 cm³/mol. The highest BCUT2D eigenvalue weighted by molar-refractivity contribution is 7.47. The van der Waals surface area contributed by atoms with E-state index in [0.29, 0.717) is 6.54 Å². The molecule has 0 aliphatic carbocycles. The van der Waals surface area contributed by atoms with Gasteiger partial charge in [0.05, 0.1) is 12.7 Å². The van der Waals surface area contributed by atoms with E-state index in [0.717, 1.165) is 32.2 Å². The van der Waals surface area contributed by atoms with Crippen molar-refractivity contribution in [3.05, 3.63) is 0 Å². The molecule has 1 atom stereocenters. The van der Waals surface area contributed by atoms with Crippen LogP contribution in [0.2, 0.25) is 0 Å². The second-order valence-electron chi connectivity index (χ2n) is 13.0. The van der Waals surface area contributed by atoms with Gasteiger partial charge in [0.2, 0.25) is 0 Å². The minimum Gasteiger partial charge on any atom is -0.304 e. The third kappa shape index (κ3) is 31.5. The van der Waals surface area contributed by atoms with Crippen LogP contribution < -0.4 is 0 Å². The molecule has 0 rings (SSSR count). The predicted octanol–water partition coefficient (Wildman–Crippen LogP) is 12.4. The zero-order valence-electron chi connectivity index (χ0n) is 29.1. The second-order valence-corrected chi connectivity index (χ2v) is 14.4. The number of unbranched alkanes of at least 4 members (excludes halogenated alkanes) is 24. The van der Waals surface area contributed by atoms with Crippen LogP contribution in [0, 0.1) is 0 Å². The molecule has 0 aromatic heterocycles. The number of phosphoric acid groups is 1. The quantitative estimate of drug-likeness (QED) is 0.0566. The molecule has 0 aliphatic heterocycles. The summed E-state index contributed by atoms with van der Waals surface area (Å²) in [5, 5.41) is 0. The minimum absolute atomic E-state index is 0.176. The summed E-state index contributed by atoms with van der Waals surface area (Å²) in [6.45, 7) is 8.37. The van der Waals surface area contributed by atoms with E-state index in [1.165, 1.54) is 154 Å². The first-order valence-corrected chi connectivity index (χ1v) is 20.3. The molecule has 0 radical (unpaired) electrons. The van der Waals surface area contributed by atoms with Crippen molar-refractivity contribution in [3.8, 4) is 0 Å². The smallest absolute Gasteiger partial charge is 0.304 e. The van der Waals surface area contributed by atoms with Crippen LogP contribution in [-0.4, -0.2) is 42.6 Å². The summed E-state index contributed by atoms with van der Waals surface area (Å²) in [5.74, 6) is 0. The van der Waals surface area contributed by atoms with E-state index < -0.39 is 7.82 Å². The summed E-state index contributed by atoms with van der Waals surface area (Å²) in [5.41, 5.74) is 0. The van der Waals surface area contributed by atoms with Gasteiger partial charge in [-0.15, -0.1) is 0 Å². The van der Waals surface area contributed by atoms with Gasteiger partial charge in [-0.3, -0.25) is 9.05 Å². The fraction of sp³-hybridized carbons (Fsp3) is 1.00. The Morgan fingerprint density at radius 2 is 0.857 bits per heavy atom. The van der Waals surface area contributed by atoms with Gasteiger partial charge in [-0.1, -0.05) is 188 Å². The van der Waals surface area contributed by atoms with Gasteiger partial charge in [-0.2, -0.15) is 0 Å². The summed E-state index contributed by atoms with van der Waals surface area (Å²) < 4.78 is 23.7. The van der Waals surface area contributed by atoms with Crippen LogP contribution in [0.1, 0.15) is 201 Å². The molecule has 0 heterocycles. The Balaban J connectivity index is 4.12. The van der Waals surface area contributed by atoms with E-state index in [-0.39, 0.29) is 12.7 Å². The first-order chi connectivity index (χ1) is 20.4. The van der Waals surface area contributed by atoms with E-state index in [1.807, 2.05) is 7.05 Å². The first-order valence-electron chi connectivity index (χ1n) is 18.8. The standard InChI is InChI=1S/C36H76NO4P/c1-5-8-10-12-14-16-18-20-22-24-26-28-30-32-36(41-42(38,39)40-35-34-37(4)7-3)33-31-29-27-25-23-21-19-17-15-13-11-9-6-2/h36H,5-35H2,1-4H3,(H,38,39). The summed E-state index contributed by atoms with van der Waals surface area (Å²) in [4.78, 5) is 12.4. The Kier molecular flexibility index (Phi) is 32.5. The average Bonchev–Trinajstić information content (AvgIpc) is 2.97. The lowest BCUT2D eigenvalue weighted by molar-refractivity contribution is 0.0863. The van der Waals surface area contributed by atoms with Crippen LogP contribution in [0.5, 0.6) is 0 Å². The number of phosphoric ester groups is 1. The highest BCUT2D eigenvalue weighted by atomic mass is 31.2. The SMILES string of the molecule is CCCCCCCCCCCCCCCC(CCCCCCCCCCCCCCC)OP(=O)(O)OCCN(C)CC. The maximum Gasteiger partial charge on any atom is 0.472 e. The largest absolute Gasteiger partial charge is 0.472 e. The molecule has 1 unspecified atom stereocenters. The fourth-order valence-corrected chi connectivity index (χ4v) is 6.68. The molecular weight excluding hydrogens is 541 g/mol. The normalized spacial score (nSPS) is 13.4. The van der Waals surface area contributed by atoms with Gasteiger partial charge in [0, 0.05) is 6.54 Å². The molecule has 0 fully saturated rings. The number of rotatable bonds is 35. The lowest BCUT2D eigenvalue weighted by Gasteiger charge is -2.22. The molecule has 42 heavy (non-hydrogen) atoms. The summed E-state index contributed by atoms with van der Waals surface area (Å²) in [7, 11) is -2.03. The number of nitrogens with zero attached hydrogens (tertiary/aromatic N) is 1. The third-order valence-corrected chi connectivity index (χ3v) is 9.88. The highest BCUT2D eigenvalue weighted by Crippen LogP contribution is 2.46. The Labute approximate surface area is 264 Å². The monoisotopic (exact) mass is 618 g/mol. The number of likely N-dealkylation sites (N-methyl/N-ethyl adjacent to an activating group) is 1. The second kappa shape index (κ2) is 32.5. The molecule has 0 saturated carbocycles. The summed E-state index contributed by atoms with van der Waals surface area (Å²) in [6.07, 6.45) is 36.1. The molecule has 254 valence electrons.